The number of aliphatic hydroxyl groups is 4. The minimum Gasteiger partial charge on any atom is -0.396 e. The molecule has 4 N–H and O–H groups in total. The maximum atomic E-state index is 12.4. The Morgan fingerprint density at radius 2 is 1.51 bits per heavy atom. The Bertz CT molecular complexity index is 1440. The Morgan fingerprint density at radius 1 is 0.725 bits per heavy atom. The summed E-state index contributed by atoms with van der Waals surface area (Å²) in [5, 5.41) is 43.8. The smallest absolute Gasteiger partial charge is 0.0805 e. The molecular formula is C46H67NO4. The van der Waals surface area contributed by atoms with Crippen LogP contribution in [0.25, 0.3) is 0 Å². The molecule has 14 atom stereocenters. The molecule has 51 heavy (non-hydrogen) atoms. The first kappa shape index (κ1) is 36.2. The van der Waals surface area contributed by atoms with Crippen molar-refractivity contribution in [3.05, 3.63) is 71.3 Å². The molecule has 5 nitrogen and oxygen atoms in total. The van der Waals surface area contributed by atoms with E-state index in [4.69, 9.17) is 0 Å². The Hall–Kier alpha value is -1.76. The molecule has 2 heterocycles. The quantitative estimate of drug-likeness (QED) is 0.204. The maximum absolute atomic E-state index is 12.4. The van der Waals surface area contributed by atoms with Crippen LogP contribution in [0.2, 0.25) is 0 Å². The largest absolute Gasteiger partial charge is 0.396 e. The number of nitrogens with zero attached hydrogens (tertiary/aromatic N) is 1. The molecule has 6 aliphatic rings. The lowest BCUT2D eigenvalue weighted by atomic mass is 9.51. The van der Waals surface area contributed by atoms with Crippen molar-refractivity contribution in [3.8, 4) is 0 Å². The summed E-state index contributed by atoms with van der Waals surface area (Å²) in [6.07, 6.45) is 15.6. The molecule has 0 amide bonds. The Kier molecular flexibility index (Phi) is 10.5. The molecule has 2 aliphatic heterocycles. The van der Waals surface area contributed by atoms with Gasteiger partial charge in [-0.1, -0.05) is 61.5 Å². The van der Waals surface area contributed by atoms with Gasteiger partial charge in [-0.25, -0.2) is 0 Å². The molecule has 2 aromatic carbocycles. The van der Waals surface area contributed by atoms with E-state index in [0.717, 1.165) is 77.3 Å². The third-order valence-corrected chi connectivity index (χ3v) is 16.5. The molecule has 0 aromatic heterocycles. The highest BCUT2D eigenvalue weighted by atomic mass is 16.3. The SMILES string of the molecule is C[C@]1(O)[C@@H]2CC[C@@H]3[C@@H](C[C@H]4[C@@H]3C[C@H](O)[C@H]3C[C@@H](O)CC[C@@]34C)[C@@H]2CN2C[C@@H](CC[C@H](CCc3ccccc3)c3ccc(CCCO)cc3)CC[C@H]21. The molecule has 280 valence electrons. The molecule has 0 bridgehead atoms. The monoisotopic (exact) mass is 698 g/mol. The molecule has 6 fully saturated rings. The predicted molar refractivity (Wildman–Crippen MR) is 204 cm³/mol. The summed E-state index contributed by atoms with van der Waals surface area (Å²) in [4.78, 5) is 2.77. The van der Waals surface area contributed by atoms with E-state index in [1.54, 1.807) is 0 Å². The van der Waals surface area contributed by atoms with Gasteiger partial charge in [-0.05, 0) is 179 Å². The van der Waals surface area contributed by atoms with Crippen molar-refractivity contribution in [3.63, 3.8) is 0 Å². The molecular weight excluding hydrogens is 631 g/mol. The van der Waals surface area contributed by atoms with Crippen LogP contribution < -0.4 is 0 Å². The summed E-state index contributed by atoms with van der Waals surface area (Å²) >= 11 is 0. The van der Waals surface area contributed by atoms with Crippen LogP contribution in [0, 0.1) is 52.8 Å². The zero-order valence-corrected chi connectivity index (χ0v) is 31.6. The van der Waals surface area contributed by atoms with Crippen molar-refractivity contribution in [1.82, 2.24) is 4.90 Å². The van der Waals surface area contributed by atoms with Gasteiger partial charge in [-0.2, -0.15) is 0 Å². The number of fused-ring (bicyclic) bond motifs is 8. The second-order valence-electron chi connectivity index (χ2n) is 19.0. The van der Waals surface area contributed by atoms with Crippen LogP contribution in [0.1, 0.15) is 120 Å². The zero-order valence-electron chi connectivity index (χ0n) is 31.6. The van der Waals surface area contributed by atoms with E-state index in [-0.39, 0.29) is 36.2 Å². The van der Waals surface area contributed by atoms with Crippen LogP contribution in [0.3, 0.4) is 0 Å². The fourth-order valence-corrected chi connectivity index (χ4v) is 13.9. The summed E-state index contributed by atoms with van der Waals surface area (Å²) in [7, 11) is 0. The Morgan fingerprint density at radius 3 is 2.29 bits per heavy atom. The van der Waals surface area contributed by atoms with Gasteiger partial charge < -0.3 is 20.4 Å². The lowest BCUT2D eigenvalue weighted by Gasteiger charge is -2.60. The van der Waals surface area contributed by atoms with E-state index in [0.29, 0.717) is 47.3 Å². The molecule has 8 rings (SSSR count). The highest BCUT2D eigenvalue weighted by Gasteiger charge is 2.64. The maximum Gasteiger partial charge on any atom is 0.0805 e. The van der Waals surface area contributed by atoms with Crippen molar-refractivity contribution in [2.75, 3.05) is 19.7 Å². The van der Waals surface area contributed by atoms with E-state index in [9.17, 15) is 20.4 Å². The fraction of sp³-hybridized carbons (Fsp3) is 0.739. The second-order valence-corrected chi connectivity index (χ2v) is 19.0. The van der Waals surface area contributed by atoms with Gasteiger partial charge in [0.2, 0.25) is 0 Å². The highest BCUT2D eigenvalue weighted by molar-refractivity contribution is 5.26. The van der Waals surface area contributed by atoms with Gasteiger partial charge in [0.1, 0.15) is 0 Å². The number of hydrogen-bond acceptors (Lipinski definition) is 5. The summed E-state index contributed by atoms with van der Waals surface area (Å²) in [5.41, 5.74) is 3.70. The first-order chi connectivity index (χ1) is 24.7. The van der Waals surface area contributed by atoms with Crippen molar-refractivity contribution in [2.45, 2.75) is 140 Å². The summed E-state index contributed by atoms with van der Waals surface area (Å²) in [5.74, 6) is 4.98. The lowest BCUT2D eigenvalue weighted by Crippen LogP contribution is -2.67. The summed E-state index contributed by atoms with van der Waals surface area (Å²) < 4.78 is 0. The summed E-state index contributed by atoms with van der Waals surface area (Å²) in [6, 6.07) is 20.5. The van der Waals surface area contributed by atoms with Gasteiger partial charge in [-0.3, -0.25) is 4.90 Å². The molecule has 5 heteroatoms. The van der Waals surface area contributed by atoms with Crippen LogP contribution in [0.15, 0.2) is 54.6 Å². The zero-order chi connectivity index (χ0) is 35.3. The minimum absolute atomic E-state index is 0.140. The molecule has 2 aromatic rings. The molecule has 0 unspecified atom stereocenters. The van der Waals surface area contributed by atoms with E-state index in [2.05, 4.69) is 73.3 Å². The van der Waals surface area contributed by atoms with Crippen LogP contribution in [0.4, 0.5) is 0 Å². The van der Waals surface area contributed by atoms with E-state index >= 15 is 0 Å². The van der Waals surface area contributed by atoms with Crippen molar-refractivity contribution >= 4 is 0 Å². The first-order valence-corrected chi connectivity index (χ1v) is 21.2. The van der Waals surface area contributed by atoms with Crippen molar-refractivity contribution in [1.29, 1.82) is 0 Å². The van der Waals surface area contributed by atoms with Gasteiger partial charge in [0, 0.05) is 25.7 Å². The van der Waals surface area contributed by atoms with Gasteiger partial charge in [0.05, 0.1) is 17.8 Å². The van der Waals surface area contributed by atoms with Crippen molar-refractivity contribution < 1.29 is 20.4 Å². The number of rotatable bonds is 10. The van der Waals surface area contributed by atoms with Crippen LogP contribution >= 0.6 is 0 Å². The van der Waals surface area contributed by atoms with Gasteiger partial charge >= 0.3 is 0 Å². The lowest BCUT2D eigenvalue weighted by molar-refractivity contribution is -0.177. The van der Waals surface area contributed by atoms with Gasteiger partial charge in [-0.15, -0.1) is 0 Å². The number of hydrogen-bond donors (Lipinski definition) is 4. The Labute approximate surface area is 308 Å². The molecule has 4 saturated carbocycles. The minimum atomic E-state index is -0.635. The predicted octanol–water partition coefficient (Wildman–Crippen LogP) is 7.78. The standard InChI is InChI=1S/C46H67NO4/c1-45-23-22-35(49)25-42(45)43(50)27-38-36-19-20-40-39(37(36)26-41(38)45)29-47-28-32(14-21-44(47)46(40,2)51)13-18-34(15-10-30-7-4-3-5-8-30)33-16-11-31(12-17-33)9-6-24-48/h3-5,7-8,11-12,16-17,32,34-44,48-51H,6,9-10,13-15,18-29H2,1-2H3/t32-,34-,35-,36+,37+,38+,39-,40+,41-,42+,43-,44-,45+,46-/m0/s1. The van der Waals surface area contributed by atoms with Crippen LogP contribution in [0.5, 0.6) is 0 Å². The third-order valence-electron chi connectivity index (χ3n) is 16.5. The second kappa shape index (κ2) is 14.8. The number of aliphatic hydroxyl groups excluding tert-OH is 3. The van der Waals surface area contributed by atoms with Gasteiger partial charge in [0.15, 0.2) is 0 Å². The van der Waals surface area contributed by atoms with E-state index in [1.807, 2.05) is 0 Å². The Balaban J connectivity index is 0.954. The van der Waals surface area contributed by atoms with E-state index in [1.165, 1.54) is 48.8 Å². The first-order valence-electron chi connectivity index (χ1n) is 21.2. The van der Waals surface area contributed by atoms with Crippen molar-refractivity contribution in [2.24, 2.45) is 52.8 Å². The topological polar surface area (TPSA) is 84.2 Å². The van der Waals surface area contributed by atoms with Crippen LogP contribution in [-0.4, -0.2) is 68.9 Å². The number of piperidine rings is 2. The van der Waals surface area contributed by atoms with Gasteiger partial charge in [0.25, 0.3) is 0 Å². The average Bonchev–Trinajstić information content (AvgIpc) is 3.52. The number of aryl methyl sites for hydroxylation is 2. The fourth-order valence-electron chi connectivity index (χ4n) is 13.9. The normalized spacial score (nSPS) is 42.6. The van der Waals surface area contributed by atoms with E-state index < -0.39 is 5.60 Å². The molecule has 2 saturated heterocycles. The molecule has 0 spiro atoms. The third kappa shape index (κ3) is 6.90. The summed E-state index contributed by atoms with van der Waals surface area (Å²) in [6.45, 7) is 7.19. The average molecular weight is 698 g/mol. The highest BCUT2D eigenvalue weighted by Crippen LogP contribution is 2.67. The molecule has 0 radical (unpaired) electrons. The van der Waals surface area contributed by atoms with Crippen LogP contribution in [-0.2, 0) is 12.8 Å². The molecule has 4 aliphatic carbocycles. The number of benzene rings is 2.